The summed E-state index contributed by atoms with van der Waals surface area (Å²) in [4.78, 5) is 30.5. The van der Waals surface area contributed by atoms with E-state index >= 15 is 0 Å². The van der Waals surface area contributed by atoms with Crippen molar-refractivity contribution in [2.45, 2.75) is 90.7 Å². The molecule has 0 aliphatic heterocycles. The maximum Gasteiger partial charge on any atom is 0.323 e. The zero-order valence-electron chi connectivity index (χ0n) is 20.4. The zero-order chi connectivity index (χ0) is 23.6. The number of aromatic nitrogens is 1. The highest BCUT2D eigenvalue weighted by molar-refractivity contribution is 5.75. The van der Waals surface area contributed by atoms with Gasteiger partial charge in [0.2, 0.25) is 5.91 Å². The highest BCUT2D eigenvalue weighted by atomic mass is 16.6. The summed E-state index contributed by atoms with van der Waals surface area (Å²) in [5.74, 6) is -0.397. The number of fused-ring (bicyclic) bond motifs is 1. The van der Waals surface area contributed by atoms with Crippen LogP contribution < -0.4 is 11.1 Å². The van der Waals surface area contributed by atoms with Crippen molar-refractivity contribution >= 4 is 11.9 Å². The molecule has 7 nitrogen and oxygen atoms in total. The lowest BCUT2D eigenvalue weighted by molar-refractivity contribution is -0.156. The fourth-order valence-electron chi connectivity index (χ4n) is 3.95. The molecule has 2 rings (SSSR count). The van der Waals surface area contributed by atoms with Crippen molar-refractivity contribution in [2.24, 2.45) is 5.73 Å². The summed E-state index contributed by atoms with van der Waals surface area (Å²) in [7, 11) is 0. The van der Waals surface area contributed by atoms with Gasteiger partial charge in [-0.15, -0.1) is 0 Å². The number of rotatable bonds is 12. The molecule has 1 heterocycles. The average molecular weight is 447 g/mol. The topological polar surface area (TPSA) is 97.5 Å². The number of nitrogens with two attached hydrogens (primary N) is 1. The highest BCUT2D eigenvalue weighted by Gasteiger charge is 2.22. The summed E-state index contributed by atoms with van der Waals surface area (Å²) in [6, 6.07) is 3.80. The summed E-state index contributed by atoms with van der Waals surface area (Å²) >= 11 is 0. The zero-order valence-corrected chi connectivity index (χ0v) is 20.4. The Morgan fingerprint density at radius 1 is 1.16 bits per heavy atom. The molecule has 1 atom stereocenters. The maximum atomic E-state index is 12.2. The third-order valence-electron chi connectivity index (χ3n) is 5.66. The SMILES string of the molecule is CC(=O)NCCN(CCCCc1ccc2c(n1)CCCC2)CC[C@H](N)C(=O)OC(C)(C)C. The number of esters is 1. The number of ether oxygens (including phenoxy) is 1. The van der Waals surface area contributed by atoms with Crippen LogP contribution in [0.3, 0.4) is 0 Å². The molecule has 0 unspecified atom stereocenters. The van der Waals surface area contributed by atoms with Gasteiger partial charge in [0.1, 0.15) is 11.6 Å². The second-order valence-electron chi connectivity index (χ2n) is 9.83. The first kappa shape index (κ1) is 26.3. The van der Waals surface area contributed by atoms with Gasteiger partial charge in [0.25, 0.3) is 0 Å². The Bertz CT molecular complexity index is 745. The molecular formula is C25H42N4O3. The van der Waals surface area contributed by atoms with E-state index in [0.29, 0.717) is 19.5 Å². The summed E-state index contributed by atoms with van der Waals surface area (Å²) in [5, 5.41) is 2.85. The monoisotopic (exact) mass is 446 g/mol. The molecule has 1 aromatic heterocycles. The van der Waals surface area contributed by atoms with E-state index in [-0.39, 0.29) is 11.9 Å². The van der Waals surface area contributed by atoms with E-state index in [1.54, 1.807) is 0 Å². The Morgan fingerprint density at radius 3 is 2.62 bits per heavy atom. The lowest BCUT2D eigenvalue weighted by Crippen LogP contribution is -2.41. The Balaban J connectivity index is 1.78. The maximum absolute atomic E-state index is 12.2. The van der Waals surface area contributed by atoms with Gasteiger partial charge in [-0.3, -0.25) is 14.6 Å². The van der Waals surface area contributed by atoms with Crippen molar-refractivity contribution in [3.63, 3.8) is 0 Å². The largest absolute Gasteiger partial charge is 0.459 e. The van der Waals surface area contributed by atoms with E-state index in [2.05, 4.69) is 22.3 Å². The van der Waals surface area contributed by atoms with Crippen LogP contribution in [0.2, 0.25) is 0 Å². The minimum Gasteiger partial charge on any atom is -0.459 e. The summed E-state index contributed by atoms with van der Waals surface area (Å²) in [5.41, 5.74) is 9.42. The number of nitrogens with zero attached hydrogens (tertiary/aromatic N) is 2. The molecule has 0 fully saturated rings. The molecule has 0 radical (unpaired) electrons. The molecule has 0 spiro atoms. The number of pyridine rings is 1. The van der Waals surface area contributed by atoms with E-state index in [9.17, 15) is 9.59 Å². The van der Waals surface area contributed by atoms with E-state index in [4.69, 9.17) is 15.5 Å². The van der Waals surface area contributed by atoms with Crippen LogP contribution in [-0.4, -0.2) is 59.6 Å². The first-order valence-electron chi connectivity index (χ1n) is 12.1. The molecule has 1 aliphatic rings. The molecule has 180 valence electrons. The molecule has 3 N–H and O–H groups in total. The van der Waals surface area contributed by atoms with Crippen LogP contribution in [0.1, 0.15) is 76.8 Å². The van der Waals surface area contributed by atoms with Gasteiger partial charge in [-0.1, -0.05) is 6.07 Å². The molecule has 0 saturated carbocycles. The summed E-state index contributed by atoms with van der Waals surface area (Å²) < 4.78 is 5.38. The molecular weight excluding hydrogens is 404 g/mol. The van der Waals surface area contributed by atoms with E-state index in [1.807, 2.05) is 20.8 Å². The molecule has 1 aromatic rings. The van der Waals surface area contributed by atoms with Gasteiger partial charge >= 0.3 is 5.97 Å². The van der Waals surface area contributed by atoms with Gasteiger partial charge < -0.3 is 20.7 Å². The Labute approximate surface area is 193 Å². The van der Waals surface area contributed by atoms with Crippen molar-refractivity contribution in [1.82, 2.24) is 15.2 Å². The van der Waals surface area contributed by atoms with Gasteiger partial charge in [-0.05, 0) is 90.3 Å². The van der Waals surface area contributed by atoms with E-state index in [0.717, 1.165) is 45.2 Å². The summed E-state index contributed by atoms with van der Waals surface area (Å²) in [6.07, 6.45) is 8.39. The minimum absolute atomic E-state index is 0.0334. The van der Waals surface area contributed by atoms with Crippen molar-refractivity contribution < 1.29 is 14.3 Å². The quantitative estimate of drug-likeness (QED) is 0.378. The normalized spacial score (nSPS) is 14.7. The van der Waals surface area contributed by atoms with Crippen LogP contribution in [0.25, 0.3) is 0 Å². The lowest BCUT2D eigenvalue weighted by Gasteiger charge is -2.25. The lowest BCUT2D eigenvalue weighted by atomic mass is 9.95. The highest BCUT2D eigenvalue weighted by Crippen LogP contribution is 2.20. The molecule has 1 amide bonds. The van der Waals surface area contributed by atoms with Gasteiger partial charge in [-0.2, -0.15) is 0 Å². The minimum atomic E-state index is -0.641. The average Bonchev–Trinajstić information content (AvgIpc) is 2.72. The smallest absolute Gasteiger partial charge is 0.323 e. The predicted octanol–water partition coefficient (Wildman–Crippen LogP) is 2.78. The second-order valence-corrected chi connectivity index (χ2v) is 9.83. The molecule has 0 bridgehead atoms. The number of carbonyl (C=O) groups excluding carboxylic acids is 2. The van der Waals surface area contributed by atoms with Crippen LogP contribution in [0.15, 0.2) is 12.1 Å². The third kappa shape index (κ3) is 10.1. The van der Waals surface area contributed by atoms with Gasteiger partial charge in [0.15, 0.2) is 0 Å². The number of hydrogen-bond acceptors (Lipinski definition) is 6. The van der Waals surface area contributed by atoms with E-state index < -0.39 is 11.6 Å². The van der Waals surface area contributed by atoms with Crippen LogP contribution in [0, 0.1) is 0 Å². The number of unbranched alkanes of at least 4 members (excludes halogenated alkanes) is 1. The molecule has 7 heteroatoms. The number of aryl methyl sites for hydroxylation is 3. The molecule has 0 aromatic carbocycles. The third-order valence-corrected chi connectivity index (χ3v) is 5.66. The molecule has 0 saturated heterocycles. The van der Waals surface area contributed by atoms with Crippen molar-refractivity contribution in [3.05, 3.63) is 29.1 Å². The Kier molecular flexibility index (Phi) is 10.6. The number of amides is 1. The first-order chi connectivity index (χ1) is 15.1. The van der Waals surface area contributed by atoms with Gasteiger partial charge in [-0.25, -0.2) is 0 Å². The van der Waals surface area contributed by atoms with Crippen molar-refractivity contribution in [2.75, 3.05) is 26.2 Å². The van der Waals surface area contributed by atoms with Crippen LogP contribution in [0.4, 0.5) is 0 Å². The number of hydrogen-bond donors (Lipinski definition) is 2. The molecule has 32 heavy (non-hydrogen) atoms. The Hall–Kier alpha value is -1.99. The van der Waals surface area contributed by atoms with Crippen LogP contribution in [-0.2, 0) is 33.6 Å². The first-order valence-corrected chi connectivity index (χ1v) is 12.1. The van der Waals surface area contributed by atoms with Crippen molar-refractivity contribution in [1.29, 1.82) is 0 Å². The standard InChI is InChI=1S/C25H42N4O3/c1-19(30)27-15-18-29(17-14-22(26)24(31)32-25(2,3)4)16-8-7-10-21-13-12-20-9-5-6-11-23(20)28-21/h12-13,22H,5-11,14-18,26H2,1-4H3,(H,27,30)/t22-/m0/s1. The predicted molar refractivity (Wildman–Crippen MR) is 127 cm³/mol. The van der Waals surface area contributed by atoms with Gasteiger partial charge in [0, 0.05) is 37.9 Å². The Morgan fingerprint density at radius 2 is 1.91 bits per heavy atom. The fraction of sp³-hybridized carbons (Fsp3) is 0.720. The van der Waals surface area contributed by atoms with Crippen molar-refractivity contribution in [3.8, 4) is 0 Å². The molecule has 1 aliphatic carbocycles. The number of carbonyl (C=O) groups is 2. The van der Waals surface area contributed by atoms with Crippen LogP contribution in [0.5, 0.6) is 0 Å². The van der Waals surface area contributed by atoms with Crippen LogP contribution >= 0.6 is 0 Å². The fourth-order valence-corrected chi connectivity index (χ4v) is 3.95. The van der Waals surface area contributed by atoms with E-state index in [1.165, 1.54) is 36.7 Å². The summed E-state index contributed by atoms with van der Waals surface area (Å²) in [6.45, 7) is 9.95. The second kappa shape index (κ2) is 12.9. The number of nitrogens with one attached hydrogen (secondary N) is 1. The van der Waals surface area contributed by atoms with Gasteiger partial charge in [0.05, 0.1) is 0 Å².